The van der Waals surface area contributed by atoms with Gasteiger partial charge in [-0.1, -0.05) is 12.1 Å². The molecule has 6 nitrogen and oxygen atoms in total. The van der Waals surface area contributed by atoms with Crippen LogP contribution in [-0.4, -0.2) is 45.4 Å². The number of urea groups is 1. The van der Waals surface area contributed by atoms with Crippen LogP contribution in [0.4, 0.5) is 18.0 Å². The second kappa shape index (κ2) is 6.80. The molecule has 1 saturated heterocycles. The molecule has 0 spiro atoms. The highest BCUT2D eigenvalue weighted by atomic mass is 19.4. The summed E-state index contributed by atoms with van der Waals surface area (Å²) in [6.07, 6.45) is -0.212. The van der Waals surface area contributed by atoms with Crippen molar-refractivity contribution in [3.05, 3.63) is 52.8 Å². The number of aryl methyl sites for hydroxylation is 1. The molecule has 28 heavy (non-hydrogen) atoms. The van der Waals surface area contributed by atoms with Crippen LogP contribution in [0.3, 0.4) is 0 Å². The first-order valence-electron chi connectivity index (χ1n) is 9.21. The Kier molecular flexibility index (Phi) is 4.57. The van der Waals surface area contributed by atoms with E-state index >= 15 is 0 Å². The molecule has 9 heteroatoms. The van der Waals surface area contributed by atoms with Gasteiger partial charge in [-0.15, -0.1) is 0 Å². The van der Waals surface area contributed by atoms with Crippen molar-refractivity contribution < 1.29 is 23.1 Å². The minimum atomic E-state index is -4.48. The third-order valence-corrected chi connectivity index (χ3v) is 5.61. The fourth-order valence-electron chi connectivity index (χ4n) is 3.99. The zero-order valence-corrected chi connectivity index (χ0v) is 15.1. The first-order chi connectivity index (χ1) is 13.2. The highest BCUT2D eigenvalue weighted by molar-refractivity contribution is 5.75. The maximum Gasteiger partial charge on any atom is 0.416 e. The standard InChI is InChI=1S/C19H21F3N4O2/c20-19(21,22)14-3-1-2-13(8-14)18(28)6-7-26(11-18)17(27)24-15-5-4-12-10-23-25-16(12)9-15/h1-3,8,10,15,28H,4-7,9,11H2,(H,23,25)(H,24,27). The zero-order chi connectivity index (χ0) is 19.9. The number of benzene rings is 1. The van der Waals surface area contributed by atoms with Crippen LogP contribution in [0.5, 0.6) is 0 Å². The van der Waals surface area contributed by atoms with Gasteiger partial charge in [0.05, 0.1) is 18.3 Å². The number of hydrogen-bond acceptors (Lipinski definition) is 3. The fraction of sp³-hybridized carbons (Fsp3) is 0.474. The van der Waals surface area contributed by atoms with Crippen molar-refractivity contribution in [1.29, 1.82) is 0 Å². The van der Waals surface area contributed by atoms with Crippen LogP contribution in [0.1, 0.15) is 35.2 Å². The summed E-state index contributed by atoms with van der Waals surface area (Å²) in [5, 5.41) is 20.8. The maximum atomic E-state index is 13.0. The highest BCUT2D eigenvalue weighted by Crippen LogP contribution is 2.36. The minimum Gasteiger partial charge on any atom is -0.383 e. The number of carbonyl (C=O) groups excluding carboxylic acids is 1. The number of aliphatic hydroxyl groups is 1. The summed E-state index contributed by atoms with van der Waals surface area (Å²) in [4.78, 5) is 14.1. The van der Waals surface area contributed by atoms with Crippen molar-refractivity contribution in [2.45, 2.75) is 43.5 Å². The Morgan fingerprint density at radius 3 is 3.00 bits per heavy atom. The normalized spacial score (nSPS) is 24.9. The number of nitrogens with zero attached hydrogens (tertiary/aromatic N) is 2. The number of H-pyrrole nitrogens is 1. The van der Waals surface area contributed by atoms with Gasteiger partial charge in [-0.2, -0.15) is 18.3 Å². The summed E-state index contributed by atoms with van der Waals surface area (Å²) < 4.78 is 38.9. The number of aromatic amines is 1. The Bertz CT molecular complexity index is 882. The van der Waals surface area contributed by atoms with Gasteiger partial charge in [0.2, 0.25) is 0 Å². The Morgan fingerprint density at radius 1 is 1.39 bits per heavy atom. The predicted octanol–water partition coefficient (Wildman–Crippen LogP) is 2.59. The molecule has 2 unspecified atom stereocenters. The number of fused-ring (bicyclic) bond motifs is 1. The van der Waals surface area contributed by atoms with Gasteiger partial charge in [-0.3, -0.25) is 5.10 Å². The average molecular weight is 394 g/mol. The van der Waals surface area contributed by atoms with Crippen LogP contribution in [0.25, 0.3) is 0 Å². The molecule has 0 radical (unpaired) electrons. The Morgan fingerprint density at radius 2 is 2.21 bits per heavy atom. The Labute approximate surface area is 159 Å². The maximum absolute atomic E-state index is 13.0. The molecule has 2 heterocycles. The summed E-state index contributed by atoms with van der Waals surface area (Å²) in [7, 11) is 0. The number of amides is 2. The molecule has 150 valence electrons. The van der Waals surface area contributed by atoms with Gasteiger partial charge in [0.25, 0.3) is 0 Å². The van der Waals surface area contributed by atoms with E-state index in [-0.39, 0.29) is 37.1 Å². The molecule has 2 aromatic rings. The van der Waals surface area contributed by atoms with E-state index < -0.39 is 17.3 Å². The van der Waals surface area contributed by atoms with Crippen molar-refractivity contribution in [2.75, 3.05) is 13.1 Å². The molecule has 1 aromatic heterocycles. The molecule has 1 aliphatic carbocycles. The van der Waals surface area contributed by atoms with Gasteiger partial charge in [0.15, 0.2) is 0 Å². The lowest BCUT2D eigenvalue weighted by atomic mass is 9.91. The molecule has 0 saturated carbocycles. The van der Waals surface area contributed by atoms with Crippen molar-refractivity contribution in [1.82, 2.24) is 20.4 Å². The van der Waals surface area contributed by atoms with Crippen LogP contribution in [0, 0.1) is 0 Å². The van der Waals surface area contributed by atoms with Crippen LogP contribution < -0.4 is 5.32 Å². The van der Waals surface area contributed by atoms with Crippen LogP contribution in [0.2, 0.25) is 0 Å². The summed E-state index contributed by atoms with van der Waals surface area (Å²) in [5.41, 5.74) is 0.0576. The van der Waals surface area contributed by atoms with E-state index in [9.17, 15) is 23.1 Å². The molecule has 2 atom stereocenters. The number of β-amino-alcohol motifs (C(OH)–C–C–N with tert-alkyl or cyclic N) is 1. The van der Waals surface area contributed by atoms with E-state index in [0.717, 1.165) is 36.2 Å². The topological polar surface area (TPSA) is 81.2 Å². The summed E-state index contributed by atoms with van der Waals surface area (Å²) in [6.45, 7) is 0.239. The second-order valence-corrected chi connectivity index (χ2v) is 7.54. The third kappa shape index (κ3) is 3.58. The van der Waals surface area contributed by atoms with Gasteiger partial charge in [0.1, 0.15) is 5.60 Å². The molecule has 0 bridgehead atoms. The molecular formula is C19H21F3N4O2. The van der Waals surface area contributed by atoms with Crippen molar-refractivity contribution in [3.8, 4) is 0 Å². The lowest BCUT2D eigenvalue weighted by Gasteiger charge is -2.27. The number of halogens is 3. The molecule has 1 aromatic carbocycles. The van der Waals surface area contributed by atoms with Gasteiger partial charge < -0.3 is 15.3 Å². The number of alkyl halides is 3. The molecule has 1 aliphatic heterocycles. The molecular weight excluding hydrogens is 373 g/mol. The lowest BCUT2D eigenvalue weighted by Crippen LogP contribution is -2.46. The third-order valence-electron chi connectivity index (χ3n) is 5.61. The molecule has 2 amide bonds. The summed E-state index contributed by atoms with van der Waals surface area (Å²) in [5.74, 6) is 0. The monoisotopic (exact) mass is 394 g/mol. The van der Waals surface area contributed by atoms with Gasteiger partial charge in [-0.25, -0.2) is 4.79 Å². The molecule has 3 N–H and O–H groups in total. The van der Waals surface area contributed by atoms with Crippen LogP contribution in [-0.2, 0) is 24.6 Å². The number of aromatic nitrogens is 2. The summed E-state index contributed by atoms with van der Waals surface area (Å²) in [6, 6.07) is 4.33. The molecule has 2 aliphatic rings. The first kappa shape index (κ1) is 18.8. The van der Waals surface area contributed by atoms with Gasteiger partial charge >= 0.3 is 12.2 Å². The first-order valence-corrected chi connectivity index (χ1v) is 9.21. The van der Waals surface area contributed by atoms with E-state index in [0.29, 0.717) is 6.42 Å². The molecule has 4 rings (SSSR count). The largest absolute Gasteiger partial charge is 0.416 e. The number of rotatable bonds is 2. The zero-order valence-electron chi connectivity index (χ0n) is 15.1. The highest BCUT2D eigenvalue weighted by Gasteiger charge is 2.41. The van der Waals surface area contributed by atoms with E-state index in [1.807, 2.05) is 0 Å². The fourth-order valence-corrected chi connectivity index (χ4v) is 3.99. The van der Waals surface area contributed by atoms with Gasteiger partial charge in [-0.05, 0) is 42.5 Å². The van der Waals surface area contributed by atoms with Crippen LogP contribution >= 0.6 is 0 Å². The lowest BCUT2D eigenvalue weighted by molar-refractivity contribution is -0.137. The van der Waals surface area contributed by atoms with Crippen LogP contribution in [0.15, 0.2) is 30.5 Å². The van der Waals surface area contributed by atoms with Crippen molar-refractivity contribution in [2.24, 2.45) is 0 Å². The summed E-state index contributed by atoms with van der Waals surface area (Å²) >= 11 is 0. The average Bonchev–Trinajstić information content (AvgIpc) is 3.28. The number of hydrogen-bond donors (Lipinski definition) is 3. The van der Waals surface area contributed by atoms with Crippen molar-refractivity contribution >= 4 is 6.03 Å². The smallest absolute Gasteiger partial charge is 0.383 e. The number of nitrogens with one attached hydrogen (secondary N) is 2. The van der Waals surface area contributed by atoms with E-state index in [2.05, 4.69) is 15.5 Å². The minimum absolute atomic E-state index is 0.0392. The number of carbonyl (C=O) groups is 1. The van der Waals surface area contributed by atoms with E-state index in [1.54, 1.807) is 6.20 Å². The Hall–Kier alpha value is -2.55. The Balaban J connectivity index is 1.41. The SMILES string of the molecule is O=C(NC1CCc2cn[nH]c2C1)N1CCC(O)(c2cccc(C(F)(F)F)c2)C1. The van der Waals surface area contributed by atoms with E-state index in [4.69, 9.17) is 0 Å². The van der Waals surface area contributed by atoms with Gasteiger partial charge in [0, 0.05) is 24.7 Å². The van der Waals surface area contributed by atoms with Crippen molar-refractivity contribution in [3.63, 3.8) is 0 Å². The predicted molar refractivity (Wildman–Crippen MR) is 94.5 cm³/mol. The van der Waals surface area contributed by atoms with E-state index in [1.165, 1.54) is 17.0 Å². The number of likely N-dealkylation sites (tertiary alicyclic amines) is 1. The quantitative estimate of drug-likeness (QED) is 0.732. The second-order valence-electron chi connectivity index (χ2n) is 7.54. The molecule has 1 fully saturated rings.